The van der Waals surface area contributed by atoms with Gasteiger partial charge in [0.05, 0.1) is 11.7 Å². The maximum Gasteiger partial charge on any atom is 0.269 e. The molecule has 3 aromatic rings. The van der Waals surface area contributed by atoms with Crippen LogP contribution in [0, 0.1) is 17.5 Å². The second-order valence-electron chi connectivity index (χ2n) is 5.13. The van der Waals surface area contributed by atoms with Gasteiger partial charge < -0.3 is 5.73 Å². The summed E-state index contributed by atoms with van der Waals surface area (Å²) in [5, 5.41) is -0.501. The summed E-state index contributed by atoms with van der Waals surface area (Å²) in [6.45, 7) is 1.54. The first kappa shape index (κ1) is 15.2. The topological polar surface area (TPSA) is 60.9 Å². The summed E-state index contributed by atoms with van der Waals surface area (Å²) in [5.74, 6) is -2.30. The molecule has 0 aliphatic heterocycles. The van der Waals surface area contributed by atoms with Gasteiger partial charge in [0, 0.05) is 0 Å². The number of fused-ring (bicyclic) bond motifs is 1. The van der Waals surface area contributed by atoms with Crippen LogP contribution in [-0.4, -0.2) is 9.55 Å². The number of rotatable bonds is 2. The minimum Gasteiger partial charge on any atom is -0.322 e. The minimum absolute atomic E-state index is 0.0117. The highest BCUT2D eigenvalue weighted by molar-refractivity contribution is 5.79. The highest BCUT2D eigenvalue weighted by Gasteiger charge is 2.20. The Morgan fingerprint density at radius 1 is 1.13 bits per heavy atom. The summed E-state index contributed by atoms with van der Waals surface area (Å²) in [6, 6.07) is 6.14. The molecular weight excluding hydrogens is 307 g/mol. The lowest BCUT2D eigenvalue weighted by atomic mass is 10.2. The van der Waals surface area contributed by atoms with Crippen molar-refractivity contribution < 1.29 is 13.2 Å². The Labute approximate surface area is 129 Å². The molecule has 7 heteroatoms. The van der Waals surface area contributed by atoms with Crippen molar-refractivity contribution in [1.82, 2.24) is 9.55 Å². The molecule has 1 aromatic heterocycles. The zero-order valence-electron chi connectivity index (χ0n) is 12.1. The van der Waals surface area contributed by atoms with Crippen LogP contribution in [0.15, 0.2) is 41.2 Å². The van der Waals surface area contributed by atoms with Crippen LogP contribution in [-0.2, 0) is 0 Å². The largest absolute Gasteiger partial charge is 0.322 e. The molecule has 0 fully saturated rings. The van der Waals surface area contributed by atoms with E-state index in [2.05, 4.69) is 4.98 Å². The maximum absolute atomic E-state index is 14.0. The minimum atomic E-state index is -0.903. The van der Waals surface area contributed by atoms with Crippen molar-refractivity contribution in [3.05, 3.63) is 70.0 Å². The highest BCUT2D eigenvalue weighted by Crippen LogP contribution is 2.21. The monoisotopic (exact) mass is 319 g/mol. The van der Waals surface area contributed by atoms with Gasteiger partial charge in [-0.05, 0) is 37.3 Å². The third kappa shape index (κ3) is 2.49. The fraction of sp³-hybridized carbons (Fsp3) is 0.125. The molecule has 1 unspecified atom stereocenters. The van der Waals surface area contributed by atoms with E-state index < -0.39 is 40.0 Å². The Kier molecular flexibility index (Phi) is 3.65. The summed E-state index contributed by atoms with van der Waals surface area (Å²) in [6.07, 6.45) is 0. The Morgan fingerprint density at radius 3 is 2.48 bits per heavy atom. The molecule has 0 amide bonds. The number of nitrogens with zero attached hydrogens (tertiary/aromatic N) is 2. The summed E-state index contributed by atoms with van der Waals surface area (Å²) >= 11 is 0. The number of hydrogen-bond donors (Lipinski definition) is 1. The van der Waals surface area contributed by atoms with Crippen LogP contribution in [0.25, 0.3) is 16.6 Å². The van der Waals surface area contributed by atoms with Crippen molar-refractivity contribution in [2.24, 2.45) is 5.73 Å². The first-order chi connectivity index (χ1) is 10.9. The molecule has 4 nitrogen and oxygen atoms in total. The van der Waals surface area contributed by atoms with Gasteiger partial charge in [-0.15, -0.1) is 0 Å². The van der Waals surface area contributed by atoms with Crippen LogP contribution in [0.1, 0.15) is 18.8 Å². The number of benzene rings is 2. The van der Waals surface area contributed by atoms with E-state index in [0.717, 1.165) is 22.8 Å². The van der Waals surface area contributed by atoms with E-state index in [-0.39, 0.29) is 11.5 Å². The van der Waals surface area contributed by atoms with Crippen LogP contribution in [0.2, 0.25) is 0 Å². The Balaban J connectivity index is 2.50. The normalized spacial score (nSPS) is 12.6. The lowest BCUT2D eigenvalue weighted by Gasteiger charge is -2.16. The van der Waals surface area contributed by atoms with Crippen LogP contribution >= 0.6 is 0 Å². The van der Waals surface area contributed by atoms with Crippen LogP contribution in [0.4, 0.5) is 13.2 Å². The summed E-state index contributed by atoms with van der Waals surface area (Å²) in [4.78, 5) is 16.7. The Morgan fingerprint density at radius 2 is 1.83 bits per heavy atom. The quantitative estimate of drug-likeness (QED) is 0.790. The van der Waals surface area contributed by atoms with E-state index in [0.29, 0.717) is 0 Å². The zero-order chi connectivity index (χ0) is 16.7. The predicted molar refractivity (Wildman–Crippen MR) is 79.8 cm³/mol. The van der Waals surface area contributed by atoms with Gasteiger partial charge in [0.1, 0.15) is 34.2 Å². The van der Waals surface area contributed by atoms with Crippen molar-refractivity contribution in [1.29, 1.82) is 0 Å². The third-order valence-corrected chi connectivity index (χ3v) is 3.42. The standard InChI is InChI=1S/C16H12F3N3O/c1-8(20)15-21-14-12(19)6-5-11(18)13(14)16(23)22(15)10-4-2-3-9(17)7-10/h2-8H,20H2,1H3. The van der Waals surface area contributed by atoms with E-state index in [9.17, 15) is 18.0 Å². The summed E-state index contributed by atoms with van der Waals surface area (Å²) < 4.78 is 42.4. The third-order valence-electron chi connectivity index (χ3n) is 3.42. The predicted octanol–water partition coefficient (Wildman–Crippen LogP) is 2.82. The fourth-order valence-electron chi connectivity index (χ4n) is 2.40. The molecule has 2 N–H and O–H groups in total. The number of nitrogens with two attached hydrogens (primary N) is 1. The first-order valence-electron chi connectivity index (χ1n) is 6.82. The van der Waals surface area contributed by atoms with Gasteiger partial charge in [-0.25, -0.2) is 18.2 Å². The fourth-order valence-corrected chi connectivity index (χ4v) is 2.40. The molecule has 3 rings (SSSR count). The SMILES string of the molecule is CC(N)c1nc2c(F)ccc(F)c2c(=O)n1-c1cccc(F)c1. The molecule has 23 heavy (non-hydrogen) atoms. The lowest BCUT2D eigenvalue weighted by Crippen LogP contribution is -2.28. The summed E-state index contributed by atoms with van der Waals surface area (Å²) in [5.41, 5.74) is 4.71. The number of hydrogen-bond acceptors (Lipinski definition) is 3. The lowest BCUT2D eigenvalue weighted by molar-refractivity contribution is 0.605. The van der Waals surface area contributed by atoms with Crippen molar-refractivity contribution in [3.63, 3.8) is 0 Å². The second-order valence-corrected chi connectivity index (χ2v) is 5.13. The van der Waals surface area contributed by atoms with Crippen molar-refractivity contribution in [2.75, 3.05) is 0 Å². The van der Waals surface area contributed by atoms with E-state index in [4.69, 9.17) is 5.73 Å². The molecule has 0 saturated carbocycles. The second kappa shape index (κ2) is 5.51. The number of halogens is 3. The molecule has 0 aliphatic carbocycles. The van der Waals surface area contributed by atoms with E-state index in [1.54, 1.807) is 6.92 Å². The van der Waals surface area contributed by atoms with Gasteiger partial charge in [0.15, 0.2) is 0 Å². The molecule has 0 spiro atoms. The number of aromatic nitrogens is 2. The van der Waals surface area contributed by atoms with Crippen LogP contribution < -0.4 is 11.3 Å². The van der Waals surface area contributed by atoms with E-state index in [1.807, 2.05) is 0 Å². The van der Waals surface area contributed by atoms with Gasteiger partial charge >= 0.3 is 0 Å². The molecule has 0 saturated heterocycles. The van der Waals surface area contributed by atoms with Gasteiger partial charge in [0.25, 0.3) is 5.56 Å². The van der Waals surface area contributed by atoms with Gasteiger partial charge in [-0.2, -0.15) is 0 Å². The Hall–Kier alpha value is -2.67. The maximum atomic E-state index is 14.0. The van der Waals surface area contributed by atoms with Gasteiger partial charge in [0.2, 0.25) is 0 Å². The van der Waals surface area contributed by atoms with Gasteiger partial charge in [-0.3, -0.25) is 9.36 Å². The molecule has 0 bridgehead atoms. The molecule has 2 aromatic carbocycles. The Bertz CT molecular complexity index is 967. The molecule has 0 radical (unpaired) electrons. The van der Waals surface area contributed by atoms with Crippen molar-refractivity contribution in [2.45, 2.75) is 13.0 Å². The molecule has 118 valence electrons. The first-order valence-corrected chi connectivity index (χ1v) is 6.82. The molecular formula is C16H12F3N3O. The van der Waals surface area contributed by atoms with E-state index >= 15 is 0 Å². The van der Waals surface area contributed by atoms with Gasteiger partial charge in [-0.1, -0.05) is 6.07 Å². The molecule has 0 aliphatic rings. The average molecular weight is 319 g/mol. The van der Waals surface area contributed by atoms with E-state index in [1.165, 1.54) is 18.2 Å². The van der Waals surface area contributed by atoms with Crippen LogP contribution in [0.3, 0.4) is 0 Å². The van der Waals surface area contributed by atoms with Crippen LogP contribution in [0.5, 0.6) is 0 Å². The van der Waals surface area contributed by atoms with Crippen molar-refractivity contribution >= 4 is 10.9 Å². The highest BCUT2D eigenvalue weighted by atomic mass is 19.1. The zero-order valence-corrected chi connectivity index (χ0v) is 12.1. The smallest absolute Gasteiger partial charge is 0.269 e. The van der Waals surface area contributed by atoms with Crippen molar-refractivity contribution in [3.8, 4) is 5.69 Å². The molecule has 1 heterocycles. The average Bonchev–Trinajstić information content (AvgIpc) is 2.50. The summed E-state index contributed by atoms with van der Waals surface area (Å²) in [7, 11) is 0. The molecule has 1 atom stereocenters.